The topological polar surface area (TPSA) is 89.3 Å². The predicted octanol–water partition coefficient (Wildman–Crippen LogP) is -1.12. The number of nitrogens with one attached hydrogen (secondary N) is 1. The highest BCUT2D eigenvalue weighted by atomic mass is 32.2. The van der Waals surface area contributed by atoms with Gasteiger partial charge in [-0.25, -0.2) is 8.42 Å². The Kier molecular flexibility index (Phi) is 4.94. The van der Waals surface area contributed by atoms with Crippen molar-refractivity contribution < 1.29 is 13.2 Å². The standard InChI is InChI=1S/C7H16N2O3S/c1-6(5-8)13(11,12)4-3-7(10)9-2/h6H,3-5,8H2,1-2H3,(H,9,10). The summed E-state index contributed by atoms with van der Waals surface area (Å²) in [7, 11) is -1.73. The molecule has 0 aromatic rings. The Balaban J connectivity index is 4.12. The molecule has 3 N–H and O–H groups in total. The average Bonchev–Trinajstić information content (AvgIpc) is 2.12. The third-order valence-corrected chi connectivity index (χ3v) is 4.03. The maximum Gasteiger partial charge on any atom is 0.220 e. The summed E-state index contributed by atoms with van der Waals surface area (Å²) in [6, 6.07) is 0. The third-order valence-electron chi connectivity index (χ3n) is 1.84. The summed E-state index contributed by atoms with van der Waals surface area (Å²) in [4.78, 5) is 10.8. The molecular weight excluding hydrogens is 192 g/mol. The number of sulfone groups is 1. The summed E-state index contributed by atoms with van der Waals surface area (Å²) in [5.74, 6) is -0.404. The minimum Gasteiger partial charge on any atom is -0.359 e. The molecule has 1 unspecified atom stereocenters. The van der Waals surface area contributed by atoms with Crippen LogP contribution in [0.15, 0.2) is 0 Å². The lowest BCUT2D eigenvalue weighted by molar-refractivity contribution is -0.120. The Labute approximate surface area is 78.6 Å². The largest absolute Gasteiger partial charge is 0.359 e. The molecule has 0 bridgehead atoms. The minimum absolute atomic E-state index is 0.00315. The van der Waals surface area contributed by atoms with E-state index in [1.165, 1.54) is 7.05 Å². The molecule has 0 heterocycles. The Morgan fingerprint density at radius 2 is 2.08 bits per heavy atom. The fraction of sp³-hybridized carbons (Fsp3) is 0.857. The van der Waals surface area contributed by atoms with Gasteiger partial charge in [0, 0.05) is 20.0 Å². The second kappa shape index (κ2) is 5.18. The number of amides is 1. The minimum atomic E-state index is -3.20. The van der Waals surface area contributed by atoms with E-state index in [0.717, 1.165) is 0 Å². The molecule has 5 nitrogen and oxygen atoms in total. The number of carbonyl (C=O) groups is 1. The van der Waals surface area contributed by atoms with Crippen molar-refractivity contribution in [1.29, 1.82) is 0 Å². The van der Waals surface area contributed by atoms with Crippen molar-refractivity contribution in [2.75, 3.05) is 19.3 Å². The van der Waals surface area contributed by atoms with Crippen molar-refractivity contribution >= 4 is 15.7 Å². The number of rotatable bonds is 5. The second-order valence-corrected chi connectivity index (χ2v) is 5.38. The molecule has 0 saturated carbocycles. The Hall–Kier alpha value is -0.620. The molecule has 0 aromatic carbocycles. The van der Waals surface area contributed by atoms with Crippen LogP contribution < -0.4 is 11.1 Å². The summed E-state index contributed by atoms with van der Waals surface area (Å²) in [5, 5.41) is 1.79. The molecule has 0 rings (SSSR count). The Bertz CT molecular complexity index is 261. The maximum atomic E-state index is 11.3. The van der Waals surface area contributed by atoms with Gasteiger partial charge in [0.1, 0.15) is 0 Å². The van der Waals surface area contributed by atoms with Crippen molar-refractivity contribution in [1.82, 2.24) is 5.32 Å². The van der Waals surface area contributed by atoms with Crippen LogP contribution in [-0.4, -0.2) is 38.9 Å². The Morgan fingerprint density at radius 3 is 2.46 bits per heavy atom. The lowest BCUT2D eigenvalue weighted by atomic mass is 10.5. The zero-order valence-electron chi connectivity index (χ0n) is 7.91. The van der Waals surface area contributed by atoms with E-state index in [1.807, 2.05) is 0 Å². The first-order valence-electron chi connectivity index (χ1n) is 4.06. The summed E-state index contributed by atoms with van der Waals surface area (Å²) in [6.07, 6.45) is 0.00315. The van der Waals surface area contributed by atoms with Crippen LogP contribution in [0.1, 0.15) is 13.3 Å². The zero-order valence-corrected chi connectivity index (χ0v) is 8.73. The van der Waals surface area contributed by atoms with Crippen LogP contribution in [0, 0.1) is 0 Å². The molecule has 1 amide bonds. The van der Waals surface area contributed by atoms with Gasteiger partial charge in [-0.15, -0.1) is 0 Å². The lowest BCUT2D eigenvalue weighted by Crippen LogP contribution is -2.31. The zero-order chi connectivity index (χ0) is 10.5. The molecule has 0 spiro atoms. The van der Waals surface area contributed by atoms with Gasteiger partial charge in [0.15, 0.2) is 9.84 Å². The fourth-order valence-corrected chi connectivity index (χ4v) is 1.87. The van der Waals surface area contributed by atoms with Crippen molar-refractivity contribution in [3.05, 3.63) is 0 Å². The normalized spacial score (nSPS) is 13.8. The molecule has 0 saturated heterocycles. The number of nitrogens with two attached hydrogens (primary N) is 1. The van der Waals surface area contributed by atoms with Gasteiger partial charge in [0.25, 0.3) is 0 Å². The predicted molar refractivity (Wildman–Crippen MR) is 51.0 cm³/mol. The maximum absolute atomic E-state index is 11.3. The van der Waals surface area contributed by atoms with E-state index in [0.29, 0.717) is 0 Å². The highest BCUT2D eigenvalue weighted by Crippen LogP contribution is 2.01. The van der Waals surface area contributed by atoms with E-state index in [1.54, 1.807) is 6.92 Å². The van der Waals surface area contributed by atoms with E-state index >= 15 is 0 Å². The van der Waals surface area contributed by atoms with Gasteiger partial charge in [-0.1, -0.05) is 0 Å². The first-order valence-corrected chi connectivity index (χ1v) is 5.77. The van der Waals surface area contributed by atoms with Crippen LogP contribution in [-0.2, 0) is 14.6 Å². The number of carbonyl (C=O) groups excluding carboxylic acids is 1. The first kappa shape index (κ1) is 12.4. The van der Waals surface area contributed by atoms with Gasteiger partial charge in [-0.3, -0.25) is 4.79 Å². The van der Waals surface area contributed by atoms with E-state index < -0.39 is 15.1 Å². The van der Waals surface area contributed by atoms with Gasteiger partial charge in [0.2, 0.25) is 5.91 Å². The highest BCUT2D eigenvalue weighted by molar-refractivity contribution is 7.92. The van der Waals surface area contributed by atoms with Gasteiger partial charge < -0.3 is 11.1 Å². The molecule has 0 aromatic heterocycles. The van der Waals surface area contributed by atoms with Crippen LogP contribution in [0.4, 0.5) is 0 Å². The molecule has 0 aliphatic carbocycles. The first-order chi connectivity index (χ1) is 5.94. The van der Waals surface area contributed by atoms with E-state index in [9.17, 15) is 13.2 Å². The molecule has 1 atom stereocenters. The van der Waals surface area contributed by atoms with Crippen molar-refractivity contribution in [3.8, 4) is 0 Å². The van der Waals surface area contributed by atoms with Gasteiger partial charge in [0.05, 0.1) is 11.0 Å². The molecule has 13 heavy (non-hydrogen) atoms. The van der Waals surface area contributed by atoms with E-state index in [4.69, 9.17) is 5.73 Å². The lowest BCUT2D eigenvalue weighted by Gasteiger charge is -2.09. The molecule has 0 fully saturated rings. The van der Waals surface area contributed by atoms with Crippen LogP contribution in [0.25, 0.3) is 0 Å². The number of hydrogen-bond donors (Lipinski definition) is 2. The van der Waals surface area contributed by atoms with Crippen molar-refractivity contribution in [2.24, 2.45) is 5.73 Å². The third kappa shape index (κ3) is 4.23. The van der Waals surface area contributed by atoms with Crippen molar-refractivity contribution in [3.63, 3.8) is 0 Å². The summed E-state index contributed by atoms with van der Waals surface area (Å²) < 4.78 is 22.6. The van der Waals surface area contributed by atoms with E-state index in [-0.39, 0.29) is 24.6 Å². The van der Waals surface area contributed by atoms with Crippen LogP contribution in [0.2, 0.25) is 0 Å². The summed E-state index contributed by atoms with van der Waals surface area (Å²) in [5.41, 5.74) is 5.22. The van der Waals surface area contributed by atoms with Crippen molar-refractivity contribution in [2.45, 2.75) is 18.6 Å². The van der Waals surface area contributed by atoms with Crippen LogP contribution >= 0.6 is 0 Å². The summed E-state index contributed by atoms with van der Waals surface area (Å²) >= 11 is 0. The molecule has 0 aliphatic heterocycles. The SMILES string of the molecule is CNC(=O)CCS(=O)(=O)C(C)CN. The second-order valence-electron chi connectivity index (χ2n) is 2.84. The smallest absolute Gasteiger partial charge is 0.220 e. The van der Waals surface area contributed by atoms with E-state index in [2.05, 4.69) is 5.32 Å². The highest BCUT2D eigenvalue weighted by Gasteiger charge is 2.19. The molecule has 0 aliphatic rings. The monoisotopic (exact) mass is 208 g/mol. The number of hydrogen-bond acceptors (Lipinski definition) is 4. The quantitative estimate of drug-likeness (QED) is 0.599. The molecule has 6 heteroatoms. The average molecular weight is 208 g/mol. The van der Waals surface area contributed by atoms with Gasteiger partial charge >= 0.3 is 0 Å². The Morgan fingerprint density at radius 1 is 1.54 bits per heavy atom. The van der Waals surface area contributed by atoms with Crippen LogP contribution in [0.3, 0.4) is 0 Å². The molecule has 78 valence electrons. The van der Waals surface area contributed by atoms with Crippen LogP contribution in [0.5, 0.6) is 0 Å². The molecule has 0 radical (unpaired) electrons. The van der Waals surface area contributed by atoms with Gasteiger partial charge in [-0.2, -0.15) is 0 Å². The van der Waals surface area contributed by atoms with Gasteiger partial charge in [-0.05, 0) is 6.92 Å². The summed E-state index contributed by atoms with van der Waals surface area (Å²) in [6.45, 7) is 1.63. The molecular formula is C7H16N2O3S. The fourth-order valence-electron chi connectivity index (χ4n) is 0.708.